The van der Waals surface area contributed by atoms with Gasteiger partial charge in [-0.15, -0.1) is 5.10 Å². The van der Waals surface area contributed by atoms with Crippen molar-refractivity contribution in [3.05, 3.63) is 47.7 Å². The molecule has 3 aromatic rings. The van der Waals surface area contributed by atoms with E-state index in [0.717, 1.165) is 6.42 Å². The largest absolute Gasteiger partial charge is 0.336 e. The standard InChI is InChI=1S/C16H15FN6O2/c1-10-18-15(25-20-10)14-9-23(21-19-14)13-5-6-22(8-13)16(24)11-3-2-4-12(17)7-11/h2-4,7,9,13H,5-6,8H2,1H3/t13-/m1/s1. The van der Waals surface area contributed by atoms with Crippen LogP contribution in [0.15, 0.2) is 35.0 Å². The van der Waals surface area contributed by atoms with Crippen molar-refractivity contribution >= 4 is 5.91 Å². The molecule has 25 heavy (non-hydrogen) atoms. The van der Waals surface area contributed by atoms with Crippen molar-refractivity contribution in [2.75, 3.05) is 13.1 Å². The van der Waals surface area contributed by atoms with Crippen LogP contribution in [0, 0.1) is 12.7 Å². The van der Waals surface area contributed by atoms with Gasteiger partial charge in [-0.05, 0) is 31.5 Å². The monoisotopic (exact) mass is 342 g/mol. The van der Waals surface area contributed by atoms with Crippen molar-refractivity contribution in [1.29, 1.82) is 0 Å². The Kier molecular flexibility index (Phi) is 3.75. The van der Waals surface area contributed by atoms with Crippen LogP contribution in [0.4, 0.5) is 4.39 Å². The smallest absolute Gasteiger partial charge is 0.280 e. The molecule has 0 spiro atoms. The molecule has 0 bridgehead atoms. The molecule has 1 saturated heterocycles. The van der Waals surface area contributed by atoms with Gasteiger partial charge in [0.2, 0.25) is 0 Å². The van der Waals surface area contributed by atoms with E-state index in [1.54, 1.807) is 28.8 Å². The molecular formula is C16H15FN6O2. The van der Waals surface area contributed by atoms with E-state index >= 15 is 0 Å². The van der Waals surface area contributed by atoms with E-state index in [1.165, 1.54) is 18.2 Å². The van der Waals surface area contributed by atoms with Crippen LogP contribution in [-0.4, -0.2) is 49.0 Å². The maximum Gasteiger partial charge on any atom is 0.280 e. The highest BCUT2D eigenvalue weighted by Crippen LogP contribution is 2.24. The number of rotatable bonds is 3. The van der Waals surface area contributed by atoms with Gasteiger partial charge in [-0.25, -0.2) is 9.07 Å². The zero-order valence-electron chi connectivity index (χ0n) is 13.5. The molecule has 1 aliphatic rings. The van der Waals surface area contributed by atoms with Gasteiger partial charge in [0.05, 0.1) is 12.2 Å². The molecule has 0 radical (unpaired) electrons. The van der Waals surface area contributed by atoms with Crippen molar-refractivity contribution in [1.82, 2.24) is 30.0 Å². The molecule has 0 saturated carbocycles. The summed E-state index contributed by atoms with van der Waals surface area (Å²) < 4.78 is 20.1. The lowest BCUT2D eigenvalue weighted by atomic mass is 10.2. The summed E-state index contributed by atoms with van der Waals surface area (Å²) in [6.07, 6.45) is 2.47. The molecule has 0 unspecified atom stereocenters. The molecule has 1 amide bonds. The van der Waals surface area contributed by atoms with Crippen LogP contribution >= 0.6 is 0 Å². The van der Waals surface area contributed by atoms with E-state index in [1.807, 2.05) is 0 Å². The second-order valence-electron chi connectivity index (χ2n) is 5.93. The highest BCUT2D eigenvalue weighted by molar-refractivity contribution is 5.94. The SMILES string of the molecule is Cc1noc(-c2cn([C@@H]3CCN(C(=O)c4cccc(F)c4)C3)nn2)n1. The van der Waals surface area contributed by atoms with Crippen LogP contribution in [0.5, 0.6) is 0 Å². The van der Waals surface area contributed by atoms with E-state index in [4.69, 9.17) is 4.52 Å². The first kappa shape index (κ1) is 15.4. The van der Waals surface area contributed by atoms with E-state index < -0.39 is 5.82 Å². The first-order valence-corrected chi connectivity index (χ1v) is 7.87. The Morgan fingerprint density at radius 3 is 3.04 bits per heavy atom. The third-order valence-electron chi connectivity index (χ3n) is 4.15. The molecule has 128 valence electrons. The van der Waals surface area contributed by atoms with Gasteiger partial charge < -0.3 is 9.42 Å². The van der Waals surface area contributed by atoms with Gasteiger partial charge in [0.25, 0.3) is 11.8 Å². The molecule has 8 nitrogen and oxygen atoms in total. The summed E-state index contributed by atoms with van der Waals surface area (Å²) in [6.45, 7) is 2.79. The lowest BCUT2D eigenvalue weighted by molar-refractivity contribution is 0.0786. The number of carbonyl (C=O) groups is 1. The molecule has 9 heteroatoms. The fraction of sp³-hybridized carbons (Fsp3) is 0.312. The summed E-state index contributed by atoms with van der Waals surface area (Å²) in [6, 6.07) is 5.72. The number of benzene rings is 1. The average molecular weight is 342 g/mol. The Hall–Kier alpha value is -3.10. The Bertz CT molecular complexity index is 921. The highest BCUT2D eigenvalue weighted by atomic mass is 19.1. The minimum Gasteiger partial charge on any atom is -0.336 e. The fourth-order valence-electron chi connectivity index (χ4n) is 2.90. The molecular weight excluding hydrogens is 327 g/mol. The summed E-state index contributed by atoms with van der Waals surface area (Å²) >= 11 is 0. The molecule has 4 rings (SSSR count). The number of carbonyl (C=O) groups excluding carboxylic acids is 1. The quantitative estimate of drug-likeness (QED) is 0.722. The van der Waals surface area contributed by atoms with Gasteiger partial charge in [0.15, 0.2) is 11.5 Å². The maximum atomic E-state index is 13.3. The van der Waals surface area contributed by atoms with E-state index in [2.05, 4.69) is 20.5 Å². The van der Waals surface area contributed by atoms with Gasteiger partial charge in [0, 0.05) is 18.7 Å². The molecule has 0 aliphatic carbocycles. The minimum absolute atomic E-state index is 0.00257. The number of nitrogens with zero attached hydrogens (tertiary/aromatic N) is 6. The zero-order valence-corrected chi connectivity index (χ0v) is 13.5. The van der Waals surface area contributed by atoms with Crippen molar-refractivity contribution in [2.45, 2.75) is 19.4 Å². The van der Waals surface area contributed by atoms with Crippen LogP contribution in [-0.2, 0) is 0 Å². The third kappa shape index (κ3) is 3.00. The zero-order chi connectivity index (χ0) is 17.4. The Labute approximate surface area is 142 Å². The minimum atomic E-state index is -0.419. The number of hydrogen-bond acceptors (Lipinski definition) is 6. The summed E-state index contributed by atoms with van der Waals surface area (Å²) in [7, 11) is 0. The first-order chi connectivity index (χ1) is 12.1. The van der Waals surface area contributed by atoms with Crippen molar-refractivity contribution in [3.8, 4) is 11.6 Å². The molecule has 1 atom stereocenters. The summed E-state index contributed by atoms with van der Waals surface area (Å²) in [5.41, 5.74) is 0.844. The number of aryl methyl sites for hydroxylation is 1. The van der Waals surface area contributed by atoms with E-state index in [0.29, 0.717) is 36.1 Å². The fourth-order valence-corrected chi connectivity index (χ4v) is 2.90. The molecule has 0 N–H and O–H groups in total. The molecule has 3 heterocycles. The predicted octanol–water partition coefficient (Wildman–Crippen LogP) is 1.86. The third-order valence-corrected chi connectivity index (χ3v) is 4.15. The lowest BCUT2D eigenvalue weighted by Crippen LogP contribution is -2.29. The second-order valence-corrected chi connectivity index (χ2v) is 5.93. The Balaban J connectivity index is 1.47. The molecule has 1 fully saturated rings. The molecule has 2 aromatic heterocycles. The van der Waals surface area contributed by atoms with Gasteiger partial charge in [-0.3, -0.25) is 4.79 Å². The van der Waals surface area contributed by atoms with Crippen LogP contribution in [0.1, 0.15) is 28.6 Å². The predicted molar refractivity (Wildman–Crippen MR) is 84.0 cm³/mol. The van der Waals surface area contributed by atoms with Crippen molar-refractivity contribution in [3.63, 3.8) is 0 Å². The van der Waals surface area contributed by atoms with Gasteiger partial charge >= 0.3 is 0 Å². The Morgan fingerprint density at radius 2 is 2.28 bits per heavy atom. The van der Waals surface area contributed by atoms with E-state index in [9.17, 15) is 9.18 Å². The Morgan fingerprint density at radius 1 is 1.40 bits per heavy atom. The van der Waals surface area contributed by atoms with Gasteiger partial charge in [-0.1, -0.05) is 16.4 Å². The average Bonchev–Trinajstić information content (AvgIpc) is 3.33. The topological polar surface area (TPSA) is 89.9 Å². The van der Waals surface area contributed by atoms with Crippen LogP contribution in [0.2, 0.25) is 0 Å². The number of halogens is 1. The van der Waals surface area contributed by atoms with E-state index in [-0.39, 0.29) is 11.9 Å². The molecule has 1 aromatic carbocycles. The molecule has 1 aliphatic heterocycles. The van der Waals surface area contributed by atoms with Crippen LogP contribution in [0.25, 0.3) is 11.6 Å². The summed E-state index contributed by atoms with van der Waals surface area (Å²) in [4.78, 5) is 18.3. The summed E-state index contributed by atoms with van der Waals surface area (Å²) in [5, 5.41) is 11.9. The van der Waals surface area contributed by atoms with Crippen LogP contribution < -0.4 is 0 Å². The number of amides is 1. The number of aromatic nitrogens is 5. The van der Waals surface area contributed by atoms with Crippen molar-refractivity contribution < 1.29 is 13.7 Å². The lowest BCUT2D eigenvalue weighted by Gasteiger charge is -2.16. The number of likely N-dealkylation sites (tertiary alicyclic amines) is 1. The summed E-state index contributed by atoms with van der Waals surface area (Å²) in [5.74, 6) is 0.235. The van der Waals surface area contributed by atoms with Crippen molar-refractivity contribution in [2.24, 2.45) is 0 Å². The second kappa shape index (κ2) is 6.08. The highest BCUT2D eigenvalue weighted by Gasteiger charge is 2.29. The maximum absolute atomic E-state index is 13.3. The number of hydrogen-bond donors (Lipinski definition) is 0. The normalized spacial score (nSPS) is 17.2. The van der Waals surface area contributed by atoms with Crippen LogP contribution in [0.3, 0.4) is 0 Å². The first-order valence-electron chi connectivity index (χ1n) is 7.87. The van der Waals surface area contributed by atoms with Gasteiger partial charge in [0.1, 0.15) is 5.82 Å². The van der Waals surface area contributed by atoms with Gasteiger partial charge in [-0.2, -0.15) is 4.98 Å².